The van der Waals surface area contributed by atoms with Gasteiger partial charge in [0.25, 0.3) is 0 Å². The Morgan fingerprint density at radius 3 is 0.850 bits per heavy atom. The summed E-state index contributed by atoms with van der Waals surface area (Å²) in [6.45, 7) is 12.8. The van der Waals surface area contributed by atoms with Crippen LogP contribution in [0.2, 0.25) is 0 Å². The first-order valence-corrected chi connectivity index (χ1v) is 14.0. The zero-order valence-electron chi connectivity index (χ0n) is 24.4. The van der Waals surface area contributed by atoms with Gasteiger partial charge in [0.05, 0.1) is 0 Å². The highest BCUT2D eigenvalue weighted by atomic mass is 16.3. The standard InChI is InChI=1S/C36H40O4/c1-35(2,3)29-17-25-13-21-9-7-11-23(31(21)37)15-27-19-30(36(4,5)6)20-28(34(27)40)16-24-12-8-10-22(32(24)38)14-26(18-29)33(25)39/h7-12,17-20,37-40H,13-16H2,1-6H3. The Balaban J connectivity index is 1.78. The Kier molecular flexibility index (Phi) is 6.86. The number of hydrogen-bond donors (Lipinski definition) is 4. The van der Waals surface area contributed by atoms with Gasteiger partial charge in [-0.1, -0.05) is 102 Å². The molecule has 0 spiro atoms. The zero-order valence-corrected chi connectivity index (χ0v) is 24.4. The van der Waals surface area contributed by atoms with Crippen LogP contribution in [0.15, 0.2) is 60.7 Å². The summed E-state index contributed by atoms with van der Waals surface area (Å²) in [7, 11) is 0. The Bertz CT molecular complexity index is 1390. The molecule has 4 heteroatoms. The molecule has 4 N–H and O–H groups in total. The maximum Gasteiger partial charge on any atom is 0.122 e. The molecule has 0 saturated carbocycles. The number of phenols is 4. The van der Waals surface area contributed by atoms with Crippen LogP contribution in [0.3, 0.4) is 0 Å². The van der Waals surface area contributed by atoms with E-state index in [1.807, 2.05) is 60.7 Å². The molecule has 40 heavy (non-hydrogen) atoms. The maximum atomic E-state index is 11.4. The SMILES string of the molecule is CC(C)(C)c1cc2c(O)c(c1)Cc1cccc(c1O)Cc1cc(C(C)(C)C)cc(c1O)Cc1cccc(c1O)C2. The molecule has 208 valence electrons. The van der Waals surface area contributed by atoms with Gasteiger partial charge < -0.3 is 20.4 Å². The van der Waals surface area contributed by atoms with Crippen LogP contribution >= 0.6 is 0 Å². The van der Waals surface area contributed by atoms with Gasteiger partial charge in [-0.25, -0.2) is 0 Å². The average molecular weight is 537 g/mol. The van der Waals surface area contributed by atoms with E-state index in [0.717, 1.165) is 33.4 Å². The number of phenolic OH excluding ortho intramolecular Hbond substituents is 4. The minimum Gasteiger partial charge on any atom is -0.507 e. The smallest absolute Gasteiger partial charge is 0.122 e. The normalized spacial score (nSPS) is 13.8. The molecule has 4 aromatic carbocycles. The van der Waals surface area contributed by atoms with Crippen LogP contribution < -0.4 is 0 Å². The van der Waals surface area contributed by atoms with Gasteiger partial charge in [0.2, 0.25) is 0 Å². The summed E-state index contributed by atoms with van der Waals surface area (Å²) in [4.78, 5) is 0. The van der Waals surface area contributed by atoms with Gasteiger partial charge in [0.1, 0.15) is 23.0 Å². The van der Waals surface area contributed by atoms with E-state index < -0.39 is 0 Å². The second-order valence-corrected chi connectivity index (χ2v) is 13.3. The van der Waals surface area contributed by atoms with Crippen LogP contribution in [-0.4, -0.2) is 20.4 Å². The summed E-state index contributed by atoms with van der Waals surface area (Å²) < 4.78 is 0. The van der Waals surface area contributed by atoms with Crippen LogP contribution in [0.4, 0.5) is 0 Å². The fourth-order valence-corrected chi connectivity index (χ4v) is 5.61. The summed E-state index contributed by atoms with van der Waals surface area (Å²) in [5.74, 6) is 0.739. The average Bonchev–Trinajstić information content (AvgIpc) is 2.86. The minimum atomic E-state index is -0.156. The fraction of sp³-hybridized carbons (Fsp3) is 0.333. The quantitative estimate of drug-likeness (QED) is 0.163. The lowest BCUT2D eigenvalue weighted by Gasteiger charge is -2.24. The van der Waals surface area contributed by atoms with Crippen molar-refractivity contribution in [2.75, 3.05) is 0 Å². The summed E-state index contributed by atoms with van der Waals surface area (Å²) in [6.07, 6.45) is 1.42. The van der Waals surface area contributed by atoms with Crippen molar-refractivity contribution in [1.29, 1.82) is 0 Å². The molecule has 0 atom stereocenters. The Morgan fingerprint density at radius 1 is 0.400 bits per heavy atom. The zero-order chi connectivity index (χ0) is 29.0. The van der Waals surface area contributed by atoms with Crippen molar-refractivity contribution < 1.29 is 20.4 Å². The van der Waals surface area contributed by atoms with E-state index >= 15 is 0 Å². The van der Waals surface area contributed by atoms with E-state index in [0.29, 0.717) is 47.9 Å². The molecule has 0 heterocycles. The van der Waals surface area contributed by atoms with Crippen molar-refractivity contribution in [1.82, 2.24) is 0 Å². The van der Waals surface area contributed by atoms with Crippen LogP contribution in [-0.2, 0) is 36.5 Å². The van der Waals surface area contributed by atoms with Crippen molar-refractivity contribution in [3.63, 3.8) is 0 Å². The van der Waals surface area contributed by atoms with E-state index in [1.165, 1.54) is 0 Å². The molecule has 4 nitrogen and oxygen atoms in total. The Hall–Kier alpha value is -3.92. The molecule has 5 rings (SSSR count). The Labute approximate surface area is 237 Å². The molecule has 1 aliphatic rings. The summed E-state index contributed by atoms with van der Waals surface area (Å²) in [5, 5.41) is 45.7. The number of fused-ring (bicyclic) bond motifs is 8. The van der Waals surface area contributed by atoms with E-state index in [9.17, 15) is 20.4 Å². The van der Waals surface area contributed by atoms with Gasteiger partial charge in [-0.2, -0.15) is 0 Å². The number of aromatic hydroxyl groups is 4. The lowest BCUT2D eigenvalue weighted by atomic mass is 9.82. The van der Waals surface area contributed by atoms with Crippen LogP contribution in [0.25, 0.3) is 0 Å². The lowest BCUT2D eigenvalue weighted by Crippen LogP contribution is -2.13. The molecular formula is C36H40O4. The van der Waals surface area contributed by atoms with Crippen molar-refractivity contribution in [2.45, 2.75) is 78.1 Å². The molecule has 8 bridgehead atoms. The van der Waals surface area contributed by atoms with Gasteiger partial charge >= 0.3 is 0 Å². The number of para-hydroxylation sites is 2. The third-order valence-electron chi connectivity index (χ3n) is 8.20. The molecule has 0 saturated heterocycles. The molecular weight excluding hydrogens is 496 g/mol. The molecule has 1 aliphatic carbocycles. The van der Waals surface area contributed by atoms with E-state index in [4.69, 9.17) is 0 Å². The van der Waals surface area contributed by atoms with Crippen LogP contribution in [0.1, 0.15) is 97.2 Å². The molecule has 0 fully saturated rings. The van der Waals surface area contributed by atoms with Gasteiger partial charge in [-0.3, -0.25) is 0 Å². The second-order valence-electron chi connectivity index (χ2n) is 13.3. The van der Waals surface area contributed by atoms with E-state index in [1.54, 1.807) is 0 Å². The number of rotatable bonds is 0. The predicted octanol–water partition coefficient (Wildman–Crippen LogP) is 7.78. The first kappa shape index (κ1) is 27.6. The van der Waals surface area contributed by atoms with Crippen LogP contribution in [0.5, 0.6) is 23.0 Å². The summed E-state index contributed by atoms with van der Waals surface area (Å²) >= 11 is 0. The summed E-state index contributed by atoms with van der Waals surface area (Å²) in [5.41, 5.74) is 7.65. The van der Waals surface area contributed by atoms with Crippen molar-refractivity contribution in [3.8, 4) is 23.0 Å². The molecule has 0 amide bonds. The first-order valence-electron chi connectivity index (χ1n) is 14.0. The molecule has 0 unspecified atom stereocenters. The van der Waals surface area contributed by atoms with Gasteiger partial charge in [0.15, 0.2) is 0 Å². The van der Waals surface area contributed by atoms with Crippen molar-refractivity contribution in [3.05, 3.63) is 116 Å². The lowest BCUT2D eigenvalue weighted by molar-refractivity contribution is 0.449. The highest BCUT2D eigenvalue weighted by Crippen LogP contribution is 2.40. The molecule has 0 aliphatic heterocycles. The molecule has 0 radical (unpaired) electrons. The van der Waals surface area contributed by atoms with Crippen LogP contribution in [0, 0.1) is 0 Å². The minimum absolute atomic E-state index is 0.156. The van der Waals surface area contributed by atoms with E-state index in [-0.39, 0.29) is 33.8 Å². The van der Waals surface area contributed by atoms with Gasteiger partial charge in [0, 0.05) is 25.7 Å². The first-order chi connectivity index (χ1) is 18.7. The highest BCUT2D eigenvalue weighted by Gasteiger charge is 2.24. The van der Waals surface area contributed by atoms with Crippen molar-refractivity contribution in [2.24, 2.45) is 0 Å². The molecule has 0 aromatic heterocycles. The van der Waals surface area contributed by atoms with E-state index in [2.05, 4.69) is 41.5 Å². The topological polar surface area (TPSA) is 80.9 Å². The predicted molar refractivity (Wildman–Crippen MR) is 161 cm³/mol. The fourth-order valence-electron chi connectivity index (χ4n) is 5.61. The maximum absolute atomic E-state index is 11.4. The van der Waals surface area contributed by atoms with Gasteiger partial charge in [-0.05, 0) is 66.5 Å². The third kappa shape index (κ3) is 5.28. The number of hydrogen-bond acceptors (Lipinski definition) is 4. The third-order valence-corrected chi connectivity index (χ3v) is 8.20. The summed E-state index contributed by atoms with van der Waals surface area (Å²) in [6, 6.07) is 19.5. The highest BCUT2D eigenvalue weighted by molar-refractivity contribution is 5.57. The number of benzene rings is 4. The monoisotopic (exact) mass is 536 g/mol. The second kappa shape index (κ2) is 9.92. The Morgan fingerprint density at radius 2 is 0.625 bits per heavy atom. The largest absolute Gasteiger partial charge is 0.507 e. The van der Waals surface area contributed by atoms with Crippen molar-refractivity contribution >= 4 is 0 Å². The molecule has 4 aromatic rings. The van der Waals surface area contributed by atoms with Gasteiger partial charge in [-0.15, -0.1) is 0 Å².